The van der Waals surface area contributed by atoms with Crippen molar-refractivity contribution in [2.24, 2.45) is 12.0 Å². The SMILES string of the molecule is CCNC(=NCc1cc(Cl)c(Cl)n1C)NCCS(=O)c1ccccc1.I. The summed E-state index contributed by atoms with van der Waals surface area (Å²) >= 11 is 12.1. The number of nitrogens with one attached hydrogen (secondary N) is 2. The Bertz CT molecular complexity index is 753. The van der Waals surface area contributed by atoms with Gasteiger partial charge in [-0.3, -0.25) is 4.21 Å². The average Bonchev–Trinajstić information content (AvgIpc) is 2.87. The Kier molecular flexibility index (Phi) is 10.6. The number of hydrogen-bond acceptors (Lipinski definition) is 2. The van der Waals surface area contributed by atoms with Gasteiger partial charge in [0.1, 0.15) is 5.15 Å². The van der Waals surface area contributed by atoms with E-state index in [9.17, 15) is 4.21 Å². The minimum absolute atomic E-state index is 0. The minimum atomic E-state index is -1.03. The molecule has 0 aliphatic heterocycles. The molecular formula is C17H23Cl2IN4OS. The van der Waals surface area contributed by atoms with Crippen molar-refractivity contribution in [3.05, 3.63) is 52.3 Å². The van der Waals surface area contributed by atoms with Crippen molar-refractivity contribution >= 4 is 63.9 Å². The molecule has 1 aromatic carbocycles. The lowest BCUT2D eigenvalue weighted by atomic mass is 10.4. The lowest BCUT2D eigenvalue weighted by Crippen LogP contribution is -2.39. The van der Waals surface area contributed by atoms with Crippen LogP contribution in [-0.2, 0) is 24.4 Å². The molecular weight excluding hydrogens is 506 g/mol. The van der Waals surface area contributed by atoms with Gasteiger partial charge in [0.05, 0.1) is 22.4 Å². The highest BCUT2D eigenvalue weighted by atomic mass is 127. The van der Waals surface area contributed by atoms with Crippen molar-refractivity contribution in [2.45, 2.75) is 18.4 Å². The summed E-state index contributed by atoms with van der Waals surface area (Å²) in [5, 5.41) is 7.40. The molecule has 0 saturated carbocycles. The fraction of sp³-hybridized carbons (Fsp3) is 0.353. The topological polar surface area (TPSA) is 58.4 Å². The van der Waals surface area contributed by atoms with Gasteiger partial charge in [-0.1, -0.05) is 41.4 Å². The monoisotopic (exact) mass is 528 g/mol. The molecule has 1 heterocycles. The average molecular weight is 529 g/mol. The van der Waals surface area contributed by atoms with Gasteiger partial charge in [-0.15, -0.1) is 24.0 Å². The molecule has 0 saturated heterocycles. The highest BCUT2D eigenvalue weighted by molar-refractivity contribution is 14.0. The van der Waals surface area contributed by atoms with E-state index in [4.69, 9.17) is 23.2 Å². The molecule has 2 aromatic rings. The highest BCUT2D eigenvalue weighted by Gasteiger charge is 2.09. The van der Waals surface area contributed by atoms with E-state index >= 15 is 0 Å². The van der Waals surface area contributed by atoms with Gasteiger partial charge in [0, 0.05) is 36.5 Å². The maximum atomic E-state index is 12.2. The lowest BCUT2D eigenvalue weighted by molar-refractivity contribution is 0.681. The summed E-state index contributed by atoms with van der Waals surface area (Å²) in [6.45, 7) is 3.74. The Balaban J connectivity index is 0.00000338. The lowest BCUT2D eigenvalue weighted by Gasteiger charge is -2.11. The maximum Gasteiger partial charge on any atom is 0.191 e. The second-order valence-electron chi connectivity index (χ2n) is 5.32. The molecule has 0 fully saturated rings. The zero-order valence-corrected chi connectivity index (χ0v) is 19.3. The first-order valence-electron chi connectivity index (χ1n) is 7.98. The van der Waals surface area contributed by atoms with Crippen LogP contribution < -0.4 is 10.6 Å². The quantitative estimate of drug-likeness (QED) is 0.326. The number of aliphatic imine (C=N–C) groups is 1. The van der Waals surface area contributed by atoms with E-state index in [0.717, 1.165) is 17.1 Å². The van der Waals surface area contributed by atoms with E-state index in [1.54, 1.807) is 10.6 Å². The van der Waals surface area contributed by atoms with Gasteiger partial charge >= 0.3 is 0 Å². The van der Waals surface area contributed by atoms with Crippen LogP contribution in [0.5, 0.6) is 0 Å². The summed E-state index contributed by atoms with van der Waals surface area (Å²) in [6.07, 6.45) is 0. The fourth-order valence-corrected chi connectivity index (χ4v) is 3.59. The van der Waals surface area contributed by atoms with E-state index in [1.807, 2.05) is 44.3 Å². The Hall–Kier alpha value is -0.770. The largest absolute Gasteiger partial charge is 0.357 e. The third-order valence-electron chi connectivity index (χ3n) is 3.55. The van der Waals surface area contributed by atoms with E-state index in [1.165, 1.54) is 0 Å². The van der Waals surface area contributed by atoms with Gasteiger partial charge in [-0.05, 0) is 25.1 Å². The summed E-state index contributed by atoms with van der Waals surface area (Å²) in [7, 11) is 0.818. The second-order valence-corrected chi connectivity index (χ2v) is 7.65. The Morgan fingerprint density at radius 3 is 2.50 bits per heavy atom. The first-order chi connectivity index (χ1) is 12.0. The molecule has 1 unspecified atom stereocenters. The summed E-state index contributed by atoms with van der Waals surface area (Å²) in [5.74, 6) is 1.18. The van der Waals surface area contributed by atoms with Crippen molar-refractivity contribution in [3.63, 3.8) is 0 Å². The fourth-order valence-electron chi connectivity index (χ4n) is 2.19. The third kappa shape index (κ3) is 6.75. The summed E-state index contributed by atoms with van der Waals surface area (Å²) < 4.78 is 14.0. The number of benzene rings is 1. The molecule has 1 atom stereocenters. The number of rotatable bonds is 7. The Morgan fingerprint density at radius 1 is 1.23 bits per heavy atom. The molecule has 5 nitrogen and oxygen atoms in total. The summed E-state index contributed by atoms with van der Waals surface area (Å²) in [4.78, 5) is 5.36. The highest BCUT2D eigenvalue weighted by Crippen LogP contribution is 2.25. The molecule has 144 valence electrons. The number of guanidine groups is 1. The number of hydrogen-bond donors (Lipinski definition) is 2. The molecule has 0 bridgehead atoms. The molecule has 2 N–H and O–H groups in total. The number of halogens is 3. The molecule has 0 aliphatic rings. The molecule has 0 spiro atoms. The van der Waals surface area contributed by atoms with Crippen molar-refractivity contribution in [2.75, 3.05) is 18.8 Å². The van der Waals surface area contributed by atoms with E-state index in [-0.39, 0.29) is 24.0 Å². The molecule has 1 aromatic heterocycles. The predicted molar refractivity (Wildman–Crippen MR) is 121 cm³/mol. The molecule has 26 heavy (non-hydrogen) atoms. The maximum absolute atomic E-state index is 12.2. The van der Waals surface area contributed by atoms with Gasteiger partial charge in [0.15, 0.2) is 5.96 Å². The molecule has 0 amide bonds. The first-order valence-corrected chi connectivity index (χ1v) is 10.1. The standard InChI is InChI=1S/C17H22Cl2N4OS.HI/c1-3-20-17(22-12-13-11-15(18)16(19)23(13)2)21-9-10-25(24)14-7-5-4-6-8-14;/h4-8,11H,3,9-10,12H2,1-2H3,(H2,20,21,22);1H. The Morgan fingerprint density at radius 2 is 1.92 bits per heavy atom. The van der Waals surface area contributed by atoms with Crippen LogP contribution in [-0.4, -0.2) is 33.6 Å². The van der Waals surface area contributed by atoms with Crippen molar-refractivity contribution < 1.29 is 4.21 Å². The van der Waals surface area contributed by atoms with Gasteiger partial charge in [0.2, 0.25) is 0 Å². The third-order valence-corrected chi connectivity index (χ3v) is 5.76. The van der Waals surface area contributed by atoms with Crippen LogP contribution in [0.15, 0.2) is 46.3 Å². The number of aromatic nitrogens is 1. The van der Waals surface area contributed by atoms with Crippen LogP contribution in [0, 0.1) is 0 Å². The zero-order valence-electron chi connectivity index (χ0n) is 14.7. The van der Waals surface area contributed by atoms with Crippen molar-refractivity contribution in [1.29, 1.82) is 0 Å². The van der Waals surface area contributed by atoms with Crippen molar-refractivity contribution in [3.8, 4) is 0 Å². The molecule has 0 aliphatic carbocycles. The van der Waals surface area contributed by atoms with Crippen LogP contribution in [0.1, 0.15) is 12.6 Å². The van der Waals surface area contributed by atoms with Gasteiger partial charge in [-0.25, -0.2) is 4.99 Å². The van der Waals surface area contributed by atoms with E-state index in [0.29, 0.717) is 35.0 Å². The van der Waals surface area contributed by atoms with Crippen molar-refractivity contribution in [1.82, 2.24) is 15.2 Å². The number of nitrogens with zero attached hydrogens (tertiary/aromatic N) is 2. The molecule has 9 heteroatoms. The van der Waals surface area contributed by atoms with Crippen LogP contribution in [0.3, 0.4) is 0 Å². The predicted octanol–water partition coefficient (Wildman–Crippen LogP) is 3.81. The van der Waals surface area contributed by atoms with Crippen LogP contribution in [0.2, 0.25) is 10.2 Å². The van der Waals surface area contributed by atoms with Gasteiger partial charge in [0.25, 0.3) is 0 Å². The normalized spacial score (nSPS) is 12.4. The zero-order chi connectivity index (χ0) is 18.2. The van der Waals surface area contributed by atoms with Crippen LogP contribution in [0.4, 0.5) is 0 Å². The summed E-state index contributed by atoms with van der Waals surface area (Å²) in [6, 6.07) is 11.2. The van der Waals surface area contributed by atoms with Gasteiger partial charge in [-0.2, -0.15) is 0 Å². The van der Waals surface area contributed by atoms with E-state index in [2.05, 4.69) is 15.6 Å². The Labute approximate surface area is 184 Å². The van der Waals surface area contributed by atoms with Crippen LogP contribution in [0.25, 0.3) is 0 Å². The second kappa shape index (κ2) is 11.8. The smallest absolute Gasteiger partial charge is 0.191 e. The first kappa shape index (κ1) is 23.3. The minimum Gasteiger partial charge on any atom is -0.357 e. The summed E-state index contributed by atoms with van der Waals surface area (Å²) in [5.41, 5.74) is 0.917. The van der Waals surface area contributed by atoms with Crippen LogP contribution >= 0.6 is 47.2 Å². The van der Waals surface area contributed by atoms with Gasteiger partial charge < -0.3 is 15.2 Å². The van der Waals surface area contributed by atoms with E-state index < -0.39 is 10.8 Å². The molecule has 2 rings (SSSR count). The molecule has 0 radical (unpaired) electrons.